The predicted molar refractivity (Wildman–Crippen MR) is 131 cm³/mol. The number of nitrogens with zero attached hydrogens (tertiary/aromatic N) is 3. The highest BCUT2D eigenvalue weighted by atomic mass is 16.2. The van der Waals surface area contributed by atoms with Crippen LogP contribution in [0.5, 0.6) is 0 Å². The molecule has 0 saturated heterocycles. The average Bonchev–Trinajstić information content (AvgIpc) is 2.73. The Morgan fingerprint density at radius 3 is 2.28 bits per heavy atom. The molecule has 4 rings (SSSR count). The van der Waals surface area contributed by atoms with Gasteiger partial charge in [-0.3, -0.25) is 0 Å². The van der Waals surface area contributed by atoms with Gasteiger partial charge >= 0.3 is 6.03 Å². The van der Waals surface area contributed by atoms with E-state index in [4.69, 9.17) is 9.97 Å². The number of carbonyl (C=O) groups excluding carboxylic acids is 1. The molecule has 32 heavy (non-hydrogen) atoms. The van der Waals surface area contributed by atoms with E-state index in [1.165, 1.54) is 24.1 Å². The first-order valence-corrected chi connectivity index (χ1v) is 11.9. The van der Waals surface area contributed by atoms with E-state index in [1.807, 2.05) is 26.0 Å². The van der Waals surface area contributed by atoms with Gasteiger partial charge in [-0.15, -0.1) is 0 Å². The minimum absolute atomic E-state index is 0.125. The van der Waals surface area contributed by atoms with Gasteiger partial charge in [0.25, 0.3) is 0 Å². The van der Waals surface area contributed by atoms with Crippen LogP contribution in [0.2, 0.25) is 0 Å². The lowest BCUT2D eigenvalue weighted by molar-refractivity contribution is 0.243. The number of fused-ring (bicyclic) bond motifs is 1. The van der Waals surface area contributed by atoms with Gasteiger partial charge in [0.2, 0.25) is 5.95 Å². The van der Waals surface area contributed by atoms with Crippen molar-refractivity contribution < 1.29 is 4.79 Å². The maximum atomic E-state index is 12.5. The third kappa shape index (κ3) is 5.50. The Hall–Kier alpha value is -2.83. The minimum atomic E-state index is -0.125. The molecule has 2 aromatic rings. The van der Waals surface area contributed by atoms with E-state index in [1.54, 1.807) is 0 Å². The van der Waals surface area contributed by atoms with E-state index in [9.17, 15) is 4.79 Å². The first-order chi connectivity index (χ1) is 15.4. The molecule has 1 aromatic carbocycles. The number of benzene rings is 1. The zero-order valence-electron chi connectivity index (χ0n) is 19.8. The summed E-state index contributed by atoms with van der Waals surface area (Å²) in [6.07, 6.45) is 8.42. The van der Waals surface area contributed by atoms with E-state index >= 15 is 0 Å². The van der Waals surface area contributed by atoms with Gasteiger partial charge in [-0.2, -0.15) is 4.98 Å². The number of aromatic nitrogens is 2. The standard InChI is InChI=1S/C25H36N6O/c1-16-13-17(2)15-20(14-16)28-25(32)27-19-11-9-18(10-12-19)26-24-29-22-8-6-5-7-21(22)23(30-24)31(3)4/h13-15,18-19H,5-12H2,1-4H3,(H,26,29,30)(H2,27,28,32). The van der Waals surface area contributed by atoms with E-state index in [0.29, 0.717) is 6.04 Å². The average molecular weight is 437 g/mol. The zero-order valence-corrected chi connectivity index (χ0v) is 19.8. The Morgan fingerprint density at radius 2 is 1.59 bits per heavy atom. The quantitative estimate of drug-likeness (QED) is 0.639. The number of anilines is 3. The van der Waals surface area contributed by atoms with Crippen LogP contribution in [0.1, 0.15) is 60.9 Å². The molecule has 0 spiro atoms. The molecule has 0 unspecified atom stereocenters. The van der Waals surface area contributed by atoms with Crippen molar-refractivity contribution in [2.24, 2.45) is 0 Å². The van der Waals surface area contributed by atoms with Crippen molar-refractivity contribution >= 4 is 23.5 Å². The highest BCUT2D eigenvalue weighted by Crippen LogP contribution is 2.29. The van der Waals surface area contributed by atoms with Crippen molar-refractivity contribution in [2.45, 2.75) is 77.3 Å². The summed E-state index contributed by atoms with van der Waals surface area (Å²) in [5.74, 6) is 1.80. The lowest BCUT2D eigenvalue weighted by atomic mass is 9.91. The molecule has 1 saturated carbocycles. The van der Waals surface area contributed by atoms with Gasteiger partial charge in [0, 0.05) is 37.4 Å². The molecule has 0 aliphatic heterocycles. The normalized spacial score (nSPS) is 20.2. The van der Waals surface area contributed by atoms with Crippen LogP contribution in [0, 0.1) is 13.8 Å². The van der Waals surface area contributed by atoms with Gasteiger partial charge < -0.3 is 20.9 Å². The van der Waals surface area contributed by atoms with Crippen LogP contribution in [-0.2, 0) is 12.8 Å². The summed E-state index contributed by atoms with van der Waals surface area (Å²) in [5, 5.41) is 9.69. The van der Waals surface area contributed by atoms with Crippen LogP contribution in [-0.4, -0.2) is 42.2 Å². The number of nitrogens with one attached hydrogen (secondary N) is 3. The fraction of sp³-hybridized carbons (Fsp3) is 0.560. The summed E-state index contributed by atoms with van der Waals surface area (Å²) in [6, 6.07) is 6.50. The van der Waals surface area contributed by atoms with Gasteiger partial charge in [-0.05, 0) is 88.5 Å². The highest BCUT2D eigenvalue weighted by molar-refractivity contribution is 5.89. The van der Waals surface area contributed by atoms with Gasteiger partial charge in [-0.1, -0.05) is 6.07 Å². The van der Waals surface area contributed by atoms with Gasteiger partial charge in [0.1, 0.15) is 5.82 Å². The second-order valence-electron chi connectivity index (χ2n) is 9.57. The summed E-state index contributed by atoms with van der Waals surface area (Å²) in [6.45, 7) is 4.08. The third-order valence-electron chi connectivity index (χ3n) is 6.46. The second kappa shape index (κ2) is 9.76. The highest BCUT2D eigenvalue weighted by Gasteiger charge is 2.25. The molecular weight excluding hydrogens is 400 g/mol. The van der Waals surface area contributed by atoms with Crippen LogP contribution >= 0.6 is 0 Å². The van der Waals surface area contributed by atoms with Gasteiger partial charge in [0.05, 0.1) is 5.69 Å². The molecule has 0 radical (unpaired) electrons. The van der Waals surface area contributed by atoms with Crippen LogP contribution in [0.15, 0.2) is 18.2 Å². The van der Waals surface area contributed by atoms with E-state index in [-0.39, 0.29) is 12.1 Å². The second-order valence-corrected chi connectivity index (χ2v) is 9.57. The number of hydrogen-bond donors (Lipinski definition) is 3. The number of rotatable bonds is 5. The van der Waals surface area contributed by atoms with Crippen LogP contribution in [0.25, 0.3) is 0 Å². The smallest absolute Gasteiger partial charge is 0.319 e. The Labute approximate surface area is 191 Å². The van der Waals surface area contributed by atoms with Crippen molar-refractivity contribution in [2.75, 3.05) is 29.6 Å². The summed E-state index contributed by atoms with van der Waals surface area (Å²) >= 11 is 0. The lowest BCUT2D eigenvalue weighted by Crippen LogP contribution is -2.42. The molecular formula is C25H36N6O. The molecule has 7 nitrogen and oxygen atoms in total. The number of urea groups is 1. The summed E-state index contributed by atoms with van der Waals surface area (Å²) < 4.78 is 0. The van der Waals surface area contributed by atoms with Crippen molar-refractivity contribution in [1.29, 1.82) is 0 Å². The fourth-order valence-electron chi connectivity index (χ4n) is 4.97. The van der Waals surface area contributed by atoms with Crippen LogP contribution in [0.3, 0.4) is 0 Å². The molecule has 2 aliphatic carbocycles. The molecule has 2 aliphatic rings. The fourth-order valence-corrected chi connectivity index (χ4v) is 4.97. The summed E-state index contributed by atoms with van der Waals surface area (Å²) in [7, 11) is 4.11. The predicted octanol–water partition coefficient (Wildman–Crippen LogP) is 4.58. The third-order valence-corrected chi connectivity index (χ3v) is 6.46. The number of amides is 2. The largest absolute Gasteiger partial charge is 0.362 e. The maximum Gasteiger partial charge on any atom is 0.319 e. The van der Waals surface area contributed by atoms with E-state index in [0.717, 1.165) is 67.1 Å². The molecule has 3 N–H and O–H groups in total. The molecule has 1 aromatic heterocycles. The molecule has 172 valence electrons. The van der Waals surface area contributed by atoms with Crippen molar-refractivity contribution in [3.63, 3.8) is 0 Å². The van der Waals surface area contributed by atoms with E-state index in [2.05, 4.69) is 41.0 Å². The molecule has 1 fully saturated rings. The molecule has 7 heteroatoms. The number of carbonyl (C=O) groups is 1. The van der Waals surface area contributed by atoms with Gasteiger partial charge in [0.15, 0.2) is 0 Å². The molecule has 0 atom stereocenters. The first kappa shape index (κ1) is 22.4. The maximum absolute atomic E-state index is 12.5. The summed E-state index contributed by atoms with van der Waals surface area (Å²) in [5.41, 5.74) is 5.66. The Balaban J connectivity index is 1.30. The number of aryl methyl sites for hydroxylation is 3. The Bertz CT molecular complexity index is 945. The van der Waals surface area contributed by atoms with Gasteiger partial charge in [-0.25, -0.2) is 9.78 Å². The zero-order chi connectivity index (χ0) is 22.7. The topological polar surface area (TPSA) is 82.2 Å². The Kier molecular flexibility index (Phi) is 6.82. The van der Waals surface area contributed by atoms with Crippen molar-refractivity contribution in [3.05, 3.63) is 40.6 Å². The SMILES string of the molecule is Cc1cc(C)cc(NC(=O)NC2CCC(Nc3nc4c(c(N(C)C)n3)CCCC4)CC2)c1. The monoisotopic (exact) mass is 436 g/mol. The van der Waals surface area contributed by atoms with Crippen molar-refractivity contribution in [3.8, 4) is 0 Å². The number of hydrogen-bond acceptors (Lipinski definition) is 5. The molecule has 0 bridgehead atoms. The van der Waals surface area contributed by atoms with E-state index < -0.39 is 0 Å². The Morgan fingerprint density at radius 1 is 0.938 bits per heavy atom. The van der Waals surface area contributed by atoms with Crippen LogP contribution < -0.4 is 20.9 Å². The summed E-state index contributed by atoms with van der Waals surface area (Å²) in [4.78, 5) is 24.2. The van der Waals surface area contributed by atoms with Crippen molar-refractivity contribution in [1.82, 2.24) is 15.3 Å². The lowest BCUT2D eigenvalue weighted by Gasteiger charge is -2.30. The van der Waals surface area contributed by atoms with Crippen LogP contribution in [0.4, 0.5) is 22.2 Å². The first-order valence-electron chi connectivity index (χ1n) is 11.9. The molecule has 1 heterocycles. The molecule has 2 amide bonds. The minimum Gasteiger partial charge on any atom is -0.362 e.